The fourth-order valence-corrected chi connectivity index (χ4v) is 2.65. The summed E-state index contributed by atoms with van der Waals surface area (Å²) in [6, 6.07) is 14.2. The maximum absolute atomic E-state index is 12.2. The zero-order valence-corrected chi connectivity index (χ0v) is 14.7. The third kappa shape index (κ3) is 5.34. The molecule has 0 aliphatic heterocycles. The first-order chi connectivity index (χ1) is 11.6. The van der Waals surface area contributed by atoms with Crippen LogP contribution in [0.3, 0.4) is 0 Å². The third-order valence-corrected chi connectivity index (χ3v) is 3.94. The van der Waals surface area contributed by atoms with E-state index >= 15 is 0 Å². The molecule has 0 bridgehead atoms. The Kier molecular flexibility index (Phi) is 6.74. The van der Waals surface area contributed by atoms with Crippen molar-refractivity contribution >= 4 is 12.0 Å². The molecule has 3 nitrogen and oxygen atoms in total. The summed E-state index contributed by atoms with van der Waals surface area (Å²) in [5, 5.41) is 3.10. The molecule has 1 amide bonds. The standard InChI is InChI=1S/C21H26N2O/c1-4-7-17-9-11-18(12-10-17)21(16(2)3)23-20(24)14-13-19-8-5-6-15-22-19/h5-6,8-16,21H,4,7H2,1-3H3,(H,23,24)/b14-13+. The molecule has 1 heterocycles. The zero-order valence-electron chi connectivity index (χ0n) is 14.7. The van der Waals surface area contributed by atoms with Gasteiger partial charge in [0, 0.05) is 12.3 Å². The highest BCUT2D eigenvalue weighted by molar-refractivity contribution is 5.91. The summed E-state index contributed by atoms with van der Waals surface area (Å²) in [4.78, 5) is 16.4. The number of rotatable bonds is 7. The minimum atomic E-state index is -0.100. The van der Waals surface area contributed by atoms with Crippen LogP contribution in [0, 0.1) is 5.92 Å². The van der Waals surface area contributed by atoms with E-state index in [1.165, 1.54) is 5.56 Å². The molecule has 0 aliphatic rings. The Balaban J connectivity index is 2.05. The Morgan fingerprint density at radius 2 is 1.92 bits per heavy atom. The van der Waals surface area contributed by atoms with E-state index in [1.54, 1.807) is 18.3 Å². The molecule has 24 heavy (non-hydrogen) atoms. The van der Waals surface area contributed by atoms with E-state index in [-0.39, 0.29) is 11.9 Å². The lowest BCUT2D eigenvalue weighted by Gasteiger charge is -2.22. The van der Waals surface area contributed by atoms with E-state index in [4.69, 9.17) is 0 Å². The highest BCUT2D eigenvalue weighted by atomic mass is 16.1. The summed E-state index contributed by atoms with van der Waals surface area (Å²) in [5.74, 6) is 0.214. The van der Waals surface area contributed by atoms with Gasteiger partial charge in [-0.2, -0.15) is 0 Å². The van der Waals surface area contributed by atoms with E-state index in [9.17, 15) is 4.79 Å². The van der Waals surface area contributed by atoms with Crippen molar-refractivity contribution in [1.82, 2.24) is 10.3 Å². The molecular formula is C21H26N2O. The molecule has 1 aromatic carbocycles. The van der Waals surface area contributed by atoms with Gasteiger partial charge in [0.25, 0.3) is 0 Å². The van der Waals surface area contributed by atoms with Crippen LogP contribution in [0.4, 0.5) is 0 Å². The second-order valence-corrected chi connectivity index (χ2v) is 6.31. The van der Waals surface area contributed by atoms with Crippen molar-refractivity contribution in [3.8, 4) is 0 Å². The maximum Gasteiger partial charge on any atom is 0.244 e. The topological polar surface area (TPSA) is 42.0 Å². The highest BCUT2D eigenvalue weighted by Gasteiger charge is 2.17. The van der Waals surface area contributed by atoms with Gasteiger partial charge in [-0.1, -0.05) is 57.5 Å². The molecule has 0 saturated heterocycles. The van der Waals surface area contributed by atoms with Gasteiger partial charge in [0.1, 0.15) is 0 Å². The summed E-state index contributed by atoms with van der Waals surface area (Å²) in [5.41, 5.74) is 3.26. The van der Waals surface area contributed by atoms with Crippen LogP contribution in [0.1, 0.15) is 50.1 Å². The Morgan fingerprint density at radius 1 is 1.17 bits per heavy atom. The van der Waals surface area contributed by atoms with Crippen LogP contribution in [0.25, 0.3) is 6.08 Å². The van der Waals surface area contributed by atoms with Gasteiger partial charge in [0.15, 0.2) is 0 Å². The molecule has 2 aromatic rings. The van der Waals surface area contributed by atoms with E-state index in [2.05, 4.69) is 55.3 Å². The molecule has 1 unspecified atom stereocenters. The number of benzene rings is 1. The van der Waals surface area contributed by atoms with Crippen molar-refractivity contribution in [2.24, 2.45) is 5.92 Å². The molecular weight excluding hydrogens is 296 g/mol. The number of hydrogen-bond acceptors (Lipinski definition) is 2. The molecule has 0 saturated carbocycles. The molecule has 3 heteroatoms. The van der Waals surface area contributed by atoms with Crippen LogP contribution in [0.15, 0.2) is 54.7 Å². The van der Waals surface area contributed by atoms with Crippen molar-refractivity contribution in [1.29, 1.82) is 0 Å². The molecule has 2 rings (SSSR count). The lowest BCUT2D eigenvalue weighted by Crippen LogP contribution is -2.30. The number of pyridine rings is 1. The molecule has 1 N–H and O–H groups in total. The molecule has 1 aromatic heterocycles. The monoisotopic (exact) mass is 322 g/mol. The van der Waals surface area contributed by atoms with Gasteiger partial charge < -0.3 is 5.32 Å². The molecule has 0 aliphatic carbocycles. The predicted octanol–water partition coefficient (Wildman–Crippen LogP) is 4.56. The molecule has 1 atom stereocenters. The Morgan fingerprint density at radius 3 is 2.50 bits per heavy atom. The predicted molar refractivity (Wildman–Crippen MR) is 99.4 cm³/mol. The van der Waals surface area contributed by atoms with Crippen LogP contribution < -0.4 is 5.32 Å². The molecule has 0 radical (unpaired) electrons. The number of hydrogen-bond donors (Lipinski definition) is 1. The molecule has 126 valence electrons. The van der Waals surface area contributed by atoms with E-state index in [0.29, 0.717) is 5.92 Å². The molecule has 0 fully saturated rings. The smallest absolute Gasteiger partial charge is 0.244 e. The van der Waals surface area contributed by atoms with Crippen molar-refractivity contribution < 1.29 is 4.79 Å². The quantitative estimate of drug-likeness (QED) is 0.759. The van der Waals surface area contributed by atoms with Gasteiger partial charge in [-0.25, -0.2) is 0 Å². The first kappa shape index (κ1) is 17.9. The van der Waals surface area contributed by atoms with Gasteiger partial charge in [-0.05, 0) is 41.7 Å². The lowest BCUT2D eigenvalue weighted by atomic mass is 9.94. The number of amides is 1. The number of nitrogens with zero attached hydrogens (tertiary/aromatic N) is 1. The number of nitrogens with one attached hydrogen (secondary N) is 1. The van der Waals surface area contributed by atoms with Crippen LogP contribution in [-0.2, 0) is 11.2 Å². The van der Waals surface area contributed by atoms with Gasteiger partial charge in [0.2, 0.25) is 5.91 Å². The number of carbonyl (C=O) groups excluding carboxylic acids is 1. The summed E-state index contributed by atoms with van der Waals surface area (Å²) in [7, 11) is 0. The minimum absolute atomic E-state index is 0.00144. The first-order valence-corrected chi connectivity index (χ1v) is 8.58. The summed E-state index contributed by atoms with van der Waals surface area (Å²) in [6.45, 7) is 6.42. The number of aromatic nitrogens is 1. The van der Waals surface area contributed by atoms with Crippen molar-refractivity contribution in [2.45, 2.75) is 39.7 Å². The first-order valence-electron chi connectivity index (χ1n) is 8.58. The Bertz CT molecular complexity index is 660. The van der Waals surface area contributed by atoms with E-state index in [0.717, 1.165) is 24.1 Å². The molecule has 0 spiro atoms. The SMILES string of the molecule is CCCc1ccc(C(NC(=O)/C=C/c2ccccn2)C(C)C)cc1. The van der Waals surface area contributed by atoms with Gasteiger partial charge >= 0.3 is 0 Å². The average molecular weight is 322 g/mol. The normalized spacial score (nSPS) is 12.5. The second kappa shape index (κ2) is 9.02. The number of aryl methyl sites for hydroxylation is 1. The van der Waals surface area contributed by atoms with Crippen molar-refractivity contribution in [3.63, 3.8) is 0 Å². The third-order valence-electron chi connectivity index (χ3n) is 3.94. The van der Waals surface area contributed by atoms with Crippen molar-refractivity contribution in [3.05, 3.63) is 71.6 Å². The van der Waals surface area contributed by atoms with E-state index < -0.39 is 0 Å². The Labute approximate surface area is 144 Å². The highest BCUT2D eigenvalue weighted by Crippen LogP contribution is 2.22. The largest absolute Gasteiger partial charge is 0.345 e. The fourth-order valence-electron chi connectivity index (χ4n) is 2.65. The summed E-state index contributed by atoms with van der Waals surface area (Å²) < 4.78 is 0. The van der Waals surface area contributed by atoms with Gasteiger partial charge in [-0.3, -0.25) is 9.78 Å². The summed E-state index contributed by atoms with van der Waals surface area (Å²) in [6.07, 6.45) is 7.22. The zero-order chi connectivity index (χ0) is 17.4. The second-order valence-electron chi connectivity index (χ2n) is 6.31. The minimum Gasteiger partial charge on any atom is -0.345 e. The van der Waals surface area contributed by atoms with Crippen LogP contribution in [-0.4, -0.2) is 10.9 Å². The van der Waals surface area contributed by atoms with E-state index in [1.807, 2.05) is 18.2 Å². The van der Waals surface area contributed by atoms with Gasteiger partial charge in [0.05, 0.1) is 11.7 Å². The number of carbonyl (C=O) groups is 1. The maximum atomic E-state index is 12.2. The average Bonchev–Trinajstić information content (AvgIpc) is 2.60. The van der Waals surface area contributed by atoms with Gasteiger partial charge in [-0.15, -0.1) is 0 Å². The fraction of sp³-hybridized carbons (Fsp3) is 0.333. The summed E-state index contributed by atoms with van der Waals surface area (Å²) >= 11 is 0. The van der Waals surface area contributed by atoms with Crippen LogP contribution in [0.5, 0.6) is 0 Å². The van der Waals surface area contributed by atoms with Crippen LogP contribution >= 0.6 is 0 Å². The Hall–Kier alpha value is -2.42. The lowest BCUT2D eigenvalue weighted by molar-refractivity contribution is -0.117. The van der Waals surface area contributed by atoms with Crippen LogP contribution in [0.2, 0.25) is 0 Å². The van der Waals surface area contributed by atoms with Crippen molar-refractivity contribution in [2.75, 3.05) is 0 Å².